The standard InChI is InChI=1S/C18H23NO2/c1-18(2)11-3-4-16(18)12-19-17(21)10-9-14-5-7-15(13-20)8-6-14/h5-10,13,16H,3-4,11-12H2,1-2H3,(H,19,21)/b10-9+. The van der Waals surface area contributed by atoms with Crippen LogP contribution in [0.4, 0.5) is 0 Å². The highest BCUT2D eigenvalue weighted by atomic mass is 16.1. The molecule has 1 saturated carbocycles. The van der Waals surface area contributed by atoms with Gasteiger partial charge in [-0.2, -0.15) is 0 Å². The topological polar surface area (TPSA) is 46.2 Å². The highest BCUT2D eigenvalue weighted by molar-refractivity contribution is 5.91. The molecule has 21 heavy (non-hydrogen) atoms. The molecule has 1 atom stereocenters. The third-order valence-corrected chi connectivity index (χ3v) is 4.50. The molecule has 1 amide bonds. The number of amides is 1. The van der Waals surface area contributed by atoms with E-state index in [1.54, 1.807) is 24.3 Å². The molecule has 0 saturated heterocycles. The number of nitrogens with one attached hydrogen (secondary N) is 1. The molecule has 1 aromatic carbocycles. The van der Waals surface area contributed by atoms with Crippen molar-refractivity contribution in [2.24, 2.45) is 11.3 Å². The van der Waals surface area contributed by atoms with Crippen molar-refractivity contribution in [2.45, 2.75) is 33.1 Å². The molecule has 3 heteroatoms. The highest BCUT2D eigenvalue weighted by Crippen LogP contribution is 2.41. The van der Waals surface area contributed by atoms with Crippen LogP contribution in [0.2, 0.25) is 0 Å². The van der Waals surface area contributed by atoms with E-state index in [1.807, 2.05) is 12.1 Å². The van der Waals surface area contributed by atoms with Gasteiger partial charge in [-0.15, -0.1) is 0 Å². The number of hydrogen-bond donors (Lipinski definition) is 1. The number of aldehydes is 1. The van der Waals surface area contributed by atoms with E-state index in [4.69, 9.17) is 0 Å². The summed E-state index contributed by atoms with van der Waals surface area (Å²) in [5, 5.41) is 2.99. The number of carbonyl (C=O) groups is 2. The lowest BCUT2D eigenvalue weighted by atomic mass is 9.82. The molecule has 1 aromatic rings. The van der Waals surface area contributed by atoms with Crippen molar-refractivity contribution >= 4 is 18.3 Å². The van der Waals surface area contributed by atoms with Crippen molar-refractivity contribution in [3.05, 3.63) is 41.5 Å². The normalized spacial score (nSPS) is 20.6. The second kappa shape index (κ2) is 6.70. The predicted octanol–water partition coefficient (Wildman–Crippen LogP) is 3.45. The number of benzene rings is 1. The predicted molar refractivity (Wildman–Crippen MR) is 85.0 cm³/mol. The SMILES string of the molecule is CC1(C)CCCC1CNC(=O)/C=C/c1ccc(C=O)cc1. The second-order valence-corrected chi connectivity index (χ2v) is 6.44. The Balaban J connectivity index is 1.83. The van der Waals surface area contributed by atoms with E-state index in [2.05, 4.69) is 19.2 Å². The van der Waals surface area contributed by atoms with Gasteiger partial charge in [-0.3, -0.25) is 9.59 Å². The zero-order valence-electron chi connectivity index (χ0n) is 12.8. The number of carbonyl (C=O) groups excluding carboxylic acids is 2. The van der Waals surface area contributed by atoms with Crippen molar-refractivity contribution in [3.8, 4) is 0 Å². The number of hydrogen-bond acceptors (Lipinski definition) is 2. The maximum atomic E-state index is 11.9. The molecule has 1 unspecified atom stereocenters. The van der Waals surface area contributed by atoms with Gasteiger partial charge in [0.1, 0.15) is 6.29 Å². The zero-order valence-corrected chi connectivity index (χ0v) is 12.8. The van der Waals surface area contributed by atoms with Gasteiger partial charge in [-0.1, -0.05) is 44.5 Å². The molecule has 3 nitrogen and oxygen atoms in total. The fourth-order valence-electron chi connectivity index (χ4n) is 2.92. The average Bonchev–Trinajstić information content (AvgIpc) is 2.82. The van der Waals surface area contributed by atoms with Crippen LogP contribution in [0.15, 0.2) is 30.3 Å². The molecular weight excluding hydrogens is 262 g/mol. The highest BCUT2D eigenvalue weighted by Gasteiger charge is 2.34. The molecule has 1 aliphatic carbocycles. The van der Waals surface area contributed by atoms with E-state index >= 15 is 0 Å². The van der Waals surface area contributed by atoms with Gasteiger partial charge in [-0.25, -0.2) is 0 Å². The van der Waals surface area contributed by atoms with E-state index in [1.165, 1.54) is 19.3 Å². The maximum Gasteiger partial charge on any atom is 0.244 e. The Bertz CT molecular complexity index is 529. The Labute approximate surface area is 126 Å². The lowest BCUT2D eigenvalue weighted by Gasteiger charge is -2.26. The minimum Gasteiger partial charge on any atom is -0.352 e. The summed E-state index contributed by atoms with van der Waals surface area (Å²) < 4.78 is 0. The molecule has 1 aliphatic rings. The van der Waals surface area contributed by atoms with Gasteiger partial charge in [0.25, 0.3) is 0 Å². The summed E-state index contributed by atoms with van der Waals surface area (Å²) in [5.41, 5.74) is 1.89. The lowest BCUT2D eigenvalue weighted by Crippen LogP contribution is -2.32. The Morgan fingerprint density at radius 2 is 1.95 bits per heavy atom. The van der Waals surface area contributed by atoms with Gasteiger partial charge in [-0.05, 0) is 35.8 Å². The Hall–Kier alpha value is -1.90. The van der Waals surface area contributed by atoms with Gasteiger partial charge >= 0.3 is 0 Å². The van der Waals surface area contributed by atoms with Crippen molar-refractivity contribution < 1.29 is 9.59 Å². The van der Waals surface area contributed by atoms with Crippen LogP contribution in [0.1, 0.15) is 49.0 Å². The van der Waals surface area contributed by atoms with E-state index in [0.29, 0.717) is 16.9 Å². The molecular formula is C18H23NO2. The molecule has 0 bridgehead atoms. The van der Waals surface area contributed by atoms with Crippen molar-refractivity contribution in [1.82, 2.24) is 5.32 Å². The second-order valence-electron chi connectivity index (χ2n) is 6.44. The first-order valence-corrected chi connectivity index (χ1v) is 7.52. The third kappa shape index (κ3) is 4.28. The van der Waals surface area contributed by atoms with Crippen molar-refractivity contribution in [1.29, 1.82) is 0 Å². The summed E-state index contributed by atoms with van der Waals surface area (Å²) in [5.74, 6) is 0.513. The summed E-state index contributed by atoms with van der Waals surface area (Å²) in [6, 6.07) is 7.14. The van der Waals surface area contributed by atoms with E-state index in [-0.39, 0.29) is 5.91 Å². The first-order chi connectivity index (χ1) is 10.0. The monoisotopic (exact) mass is 285 g/mol. The van der Waals surface area contributed by atoms with Crippen molar-refractivity contribution in [3.63, 3.8) is 0 Å². The van der Waals surface area contributed by atoms with E-state index in [9.17, 15) is 9.59 Å². The number of rotatable bonds is 5. The van der Waals surface area contributed by atoms with Gasteiger partial charge in [0, 0.05) is 18.2 Å². The van der Waals surface area contributed by atoms with Gasteiger partial charge in [0.05, 0.1) is 0 Å². The maximum absolute atomic E-state index is 11.9. The van der Waals surface area contributed by atoms with Crippen LogP contribution in [0.25, 0.3) is 6.08 Å². The van der Waals surface area contributed by atoms with Crippen LogP contribution in [0.5, 0.6) is 0 Å². The molecule has 1 fully saturated rings. The largest absolute Gasteiger partial charge is 0.352 e. The average molecular weight is 285 g/mol. The van der Waals surface area contributed by atoms with Gasteiger partial charge in [0.15, 0.2) is 0 Å². The Morgan fingerprint density at radius 3 is 2.52 bits per heavy atom. The van der Waals surface area contributed by atoms with E-state index in [0.717, 1.165) is 18.4 Å². The van der Waals surface area contributed by atoms with Crippen LogP contribution < -0.4 is 5.32 Å². The first-order valence-electron chi connectivity index (χ1n) is 7.52. The first kappa shape index (κ1) is 15.5. The fraction of sp³-hybridized carbons (Fsp3) is 0.444. The van der Waals surface area contributed by atoms with Gasteiger partial charge < -0.3 is 5.32 Å². The fourth-order valence-corrected chi connectivity index (χ4v) is 2.92. The summed E-state index contributed by atoms with van der Waals surface area (Å²) in [6.07, 6.45) is 7.83. The van der Waals surface area contributed by atoms with Crippen LogP contribution >= 0.6 is 0 Å². The van der Waals surface area contributed by atoms with Crippen LogP contribution in [-0.4, -0.2) is 18.7 Å². The zero-order chi connectivity index (χ0) is 15.3. The summed E-state index contributed by atoms with van der Waals surface area (Å²) >= 11 is 0. The molecule has 1 N–H and O–H groups in total. The minimum absolute atomic E-state index is 0.0582. The molecule has 112 valence electrons. The molecule has 2 rings (SSSR count). The van der Waals surface area contributed by atoms with Crippen LogP contribution in [-0.2, 0) is 4.79 Å². The Morgan fingerprint density at radius 1 is 1.29 bits per heavy atom. The van der Waals surface area contributed by atoms with Gasteiger partial charge in [0.2, 0.25) is 5.91 Å². The van der Waals surface area contributed by atoms with Crippen molar-refractivity contribution in [2.75, 3.05) is 6.54 Å². The molecule has 0 aromatic heterocycles. The Kier molecular flexibility index (Phi) is 4.94. The summed E-state index contributed by atoms with van der Waals surface area (Å²) in [6.45, 7) is 5.31. The molecule has 0 spiro atoms. The third-order valence-electron chi connectivity index (χ3n) is 4.50. The minimum atomic E-state index is -0.0582. The quantitative estimate of drug-likeness (QED) is 0.665. The molecule has 0 heterocycles. The van der Waals surface area contributed by atoms with Crippen LogP contribution in [0, 0.1) is 11.3 Å². The molecule has 0 radical (unpaired) electrons. The lowest BCUT2D eigenvalue weighted by molar-refractivity contribution is -0.116. The molecule has 0 aliphatic heterocycles. The van der Waals surface area contributed by atoms with E-state index < -0.39 is 0 Å². The summed E-state index contributed by atoms with van der Waals surface area (Å²) in [7, 11) is 0. The van der Waals surface area contributed by atoms with Crippen LogP contribution in [0.3, 0.4) is 0 Å². The summed E-state index contributed by atoms with van der Waals surface area (Å²) in [4.78, 5) is 22.4. The smallest absolute Gasteiger partial charge is 0.244 e.